The van der Waals surface area contributed by atoms with Crippen molar-refractivity contribution < 1.29 is 24.5 Å². The molecule has 8 heteroatoms. The Morgan fingerprint density at radius 3 is 2.38 bits per heavy atom. The number of amides is 2. The van der Waals surface area contributed by atoms with Crippen LogP contribution in [0.2, 0.25) is 0 Å². The molecule has 42 heavy (non-hydrogen) atoms. The number of nitrogens with one attached hydrogen (secondary N) is 1. The molecule has 2 amide bonds. The number of nitrogens with zero attached hydrogens (tertiary/aromatic N) is 1. The van der Waals surface area contributed by atoms with Crippen LogP contribution in [0.15, 0.2) is 71.8 Å². The van der Waals surface area contributed by atoms with Crippen LogP contribution in [0.3, 0.4) is 0 Å². The molecular weight excluding hydrogens is 530 g/mol. The molecule has 0 saturated heterocycles. The monoisotopic (exact) mass is 577 g/mol. The van der Waals surface area contributed by atoms with Crippen molar-refractivity contribution in [3.8, 4) is 5.75 Å². The molecule has 3 rings (SSSR count). The van der Waals surface area contributed by atoms with Crippen molar-refractivity contribution in [2.75, 3.05) is 26.7 Å². The first-order chi connectivity index (χ1) is 20.2. The van der Waals surface area contributed by atoms with Gasteiger partial charge in [0.2, 0.25) is 11.8 Å². The molecule has 3 atom stereocenters. The van der Waals surface area contributed by atoms with Crippen molar-refractivity contribution >= 4 is 11.8 Å². The highest BCUT2D eigenvalue weighted by Crippen LogP contribution is 2.44. The summed E-state index contributed by atoms with van der Waals surface area (Å²) in [6.45, 7) is 7.78. The Morgan fingerprint density at radius 2 is 1.74 bits per heavy atom. The Labute approximate surface area is 250 Å². The molecule has 0 spiro atoms. The van der Waals surface area contributed by atoms with Crippen molar-refractivity contribution in [3.05, 3.63) is 88.5 Å². The van der Waals surface area contributed by atoms with Crippen LogP contribution < -0.4 is 15.8 Å². The third-order valence-electron chi connectivity index (χ3n) is 7.95. The first-order valence-corrected chi connectivity index (χ1v) is 14.9. The molecule has 228 valence electrons. The van der Waals surface area contributed by atoms with Gasteiger partial charge in [-0.05, 0) is 61.4 Å². The van der Waals surface area contributed by atoms with Gasteiger partial charge < -0.3 is 30.9 Å². The summed E-state index contributed by atoms with van der Waals surface area (Å²) in [5.74, 6) is -0.563. The van der Waals surface area contributed by atoms with Gasteiger partial charge in [0.25, 0.3) is 0 Å². The smallest absolute Gasteiger partial charge is 0.249 e. The zero-order valence-electron chi connectivity index (χ0n) is 25.4. The van der Waals surface area contributed by atoms with Gasteiger partial charge in [-0.15, -0.1) is 0 Å². The second-order valence-corrected chi connectivity index (χ2v) is 11.3. The van der Waals surface area contributed by atoms with Crippen LogP contribution in [-0.2, 0) is 29.2 Å². The maximum Gasteiger partial charge on any atom is 0.249 e. The highest BCUT2D eigenvalue weighted by Gasteiger charge is 2.48. The minimum atomic E-state index is -1.29. The Balaban J connectivity index is 1.96. The van der Waals surface area contributed by atoms with Gasteiger partial charge >= 0.3 is 0 Å². The number of methoxy groups -OCH3 is 1. The lowest BCUT2D eigenvalue weighted by molar-refractivity contribution is -0.132. The van der Waals surface area contributed by atoms with Crippen molar-refractivity contribution in [2.24, 2.45) is 17.1 Å². The second kappa shape index (κ2) is 15.7. The van der Waals surface area contributed by atoms with Gasteiger partial charge in [-0.2, -0.15) is 0 Å². The average molecular weight is 578 g/mol. The summed E-state index contributed by atoms with van der Waals surface area (Å²) in [4.78, 5) is 29.0. The number of carbonyl (C=O) groups is 2. The van der Waals surface area contributed by atoms with Gasteiger partial charge in [-0.25, -0.2) is 0 Å². The van der Waals surface area contributed by atoms with E-state index in [9.17, 15) is 19.8 Å². The number of aliphatic hydroxyl groups is 2. The summed E-state index contributed by atoms with van der Waals surface area (Å²) in [6, 6.07) is 15.2. The number of ether oxygens (including phenoxy) is 1. The number of rotatable bonds is 16. The normalized spacial score (nSPS) is 18.0. The van der Waals surface area contributed by atoms with E-state index in [0.717, 1.165) is 40.9 Å². The molecule has 0 aliphatic heterocycles. The van der Waals surface area contributed by atoms with E-state index < -0.39 is 23.3 Å². The molecule has 5 N–H and O–H groups in total. The molecule has 1 aliphatic rings. The minimum absolute atomic E-state index is 0.0940. The van der Waals surface area contributed by atoms with Gasteiger partial charge in [0.05, 0.1) is 25.2 Å². The number of benzene rings is 2. The summed E-state index contributed by atoms with van der Waals surface area (Å²) < 4.78 is 5.32. The van der Waals surface area contributed by atoms with E-state index in [2.05, 4.69) is 5.32 Å². The molecular formula is C34H47N3O5. The van der Waals surface area contributed by atoms with Crippen LogP contribution in [0.5, 0.6) is 5.75 Å². The van der Waals surface area contributed by atoms with Gasteiger partial charge in [0, 0.05) is 37.7 Å². The van der Waals surface area contributed by atoms with Crippen LogP contribution in [-0.4, -0.2) is 59.8 Å². The molecule has 1 unspecified atom stereocenters. The quantitative estimate of drug-likeness (QED) is 0.240. The van der Waals surface area contributed by atoms with Crippen LogP contribution in [0.1, 0.15) is 56.7 Å². The fourth-order valence-electron chi connectivity index (χ4n) is 5.97. The molecule has 0 heterocycles. The number of allylic oxidation sites excluding steroid dienone is 2. The van der Waals surface area contributed by atoms with E-state index in [1.54, 1.807) is 7.11 Å². The number of hydrogen-bond donors (Lipinski definition) is 4. The SMILES string of the molecule is CCCN(CCC)C(=O)C1=CC(C)=CC(C(N)=O)([C@H](Cc2cccc(CO)c2)[C@@H](O)CNCc2cccc(OC)c2)C1. The Bertz CT molecular complexity index is 1270. The number of primary amides is 1. The summed E-state index contributed by atoms with van der Waals surface area (Å²) in [6.07, 6.45) is 4.81. The summed E-state index contributed by atoms with van der Waals surface area (Å²) in [7, 11) is 1.62. The third kappa shape index (κ3) is 8.31. The minimum Gasteiger partial charge on any atom is -0.497 e. The summed E-state index contributed by atoms with van der Waals surface area (Å²) in [5, 5.41) is 24.8. The Morgan fingerprint density at radius 1 is 1.07 bits per heavy atom. The molecule has 0 fully saturated rings. The van der Waals surface area contributed by atoms with Crippen molar-refractivity contribution in [1.29, 1.82) is 0 Å². The lowest BCUT2D eigenvalue weighted by atomic mass is 9.63. The lowest BCUT2D eigenvalue weighted by Crippen LogP contribution is -2.51. The number of carbonyl (C=O) groups excluding carboxylic acids is 2. The lowest BCUT2D eigenvalue weighted by Gasteiger charge is -2.42. The fraction of sp³-hybridized carbons (Fsp3) is 0.471. The summed E-state index contributed by atoms with van der Waals surface area (Å²) in [5.41, 5.74) is 8.81. The fourth-order valence-corrected chi connectivity index (χ4v) is 5.97. The summed E-state index contributed by atoms with van der Waals surface area (Å²) >= 11 is 0. The van der Waals surface area contributed by atoms with Crippen molar-refractivity contribution in [1.82, 2.24) is 10.2 Å². The predicted molar refractivity (Wildman–Crippen MR) is 166 cm³/mol. The van der Waals surface area contributed by atoms with E-state index in [4.69, 9.17) is 10.5 Å². The van der Waals surface area contributed by atoms with E-state index in [-0.39, 0.29) is 25.5 Å². The largest absolute Gasteiger partial charge is 0.497 e. The Hall–Kier alpha value is -3.46. The van der Waals surface area contributed by atoms with Crippen LogP contribution in [0, 0.1) is 11.3 Å². The van der Waals surface area contributed by atoms with E-state index in [1.807, 2.05) is 86.4 Å². The van der Waals surface area contributed by atoms with Crippen LogP contribution in [0.4, 0.5) is 0 Å². The third-order valence-corrected chi connectivity index (χ3v) is 7.95. The molecule has 8 nitrogen and oxygen atoms in total. The average Bonchev–Trinajstić information content (AvgIpc) is 2.99. The highest BCUT2D eigenvalue weighted by molar-refractivity contribution is 5.97. The molecule has 2 aromatic rings. The first-order valence-electron chi connectivity index (χ1n) is 14.9. The zero-order valence-corrected chi connectivity index (χ0v) is 25.4. The standard InChI is InChI=1S/C34H47N3O5/c1-5-13-37(14-6-2)32(40)28-15-24(3)19-34(20-28,33(35)41)30(18-25-9-7-11-27(16-25)23-38)31(39)22-36-21-26-10-8-12-29(17-26)42-4/h7-12,15-17,19,30-31,36,38-39H,5-6,13-14,18,20-23H2,1-4H3,(H2,35,41)/t30-,31+,34?/m1/s1. The van der Waals surface area contributed by atoms with Crippen LogP contribution >= 0.6 is 0 Å². The molecule has 1 aliphatic carbocycles. The maximum absolute atomic E-state index is 13.7. The molecule has 0 radical (unpaired) electrons. The second-order valence-electron chi connectivity index (χ2n) is 11.3. The molecule has 0 bridgehead atoms. The van der Waals surface area contributed by atoms with Crippen molar-refractivity contribution in [2.45, 2.75) is 65.7 Å². The van der Waals surface area contributed by atoms with E-state index in [0.29, 0.717) is 31.6 Å². The maximum atomic E-state index is 13.7. The first kappa shape index (κ1) is 33.0. The number of nitrogens with two attached hydrogens (primary N) is 1. The molecule has 0 saturated carbocycles. The topological polar surface area (TPSA) is 125 Å². The highest BCUT2D eigenvalue weighted by atomic mass is 16.5. The number of aliphatic hydroxyl groups excluding tert-OH is 2. The van der Waals surface area contributed by atoms with Gasteiger partial charge in [0.15, 0.2) is 0 Å². The van der Waals surface area contributed by atoms with Gasteiger partial charge in [0.1, 0.15) is 5.75 Å². The number of hydrogen-bond acceptors (Lipinski definition) is 6. The van der Waals surface area contributed by atoms with E-state index in [1.165, 1.54) is 0 Å². The molecule has 2 aromatic carbocycles. The van der Waals surface area contributed by atoms with Gasteiger partial charge in [-0.3, -0.25) is 9.59 Å². The van der Waals surface area contributed by atoms with Crippen LogP contribution in [0.25, 0.3) is 0 Å². The predicted octanol–water partition coefficient (Wildman–Crippen LogP) is 3.89. The van der Waals surface area contributed by atoms with Gasteiger partial charge in [-0.1, -0.05) is 68.0 Å². The molecule has 0 aromatic heterocycles. The van der Waals surface area contributed by atoms with Crippen molar-refractivity contribution in [3.63, 3.8) is 0 Å². The Kier molecular flexibility index (Phi) is 12.3. The zero-order chi connectivity index (χ0) is 30.7. The van der Waals surface area contributed by atoms with E-state index >= 15 is 0 Å².